The first-order valence-corrected chi connectivity index (χ1v) is 11.9. The number of ether oxygens (including phenoxy) is 1. The molecule has 1 aromatic rings. The minimum Gasteiger partial charge on any atom is -0.469 e. The van der Waals surface area contributed by atoms with Gasteiger partial charge in [0.25, 0.3) is 0 Å². The lowest BCUT2D eigenvalue weighted by Crippen LogP contribution is -2.50. The Morgan fingerprint density at radius 2 is 1.72 bits per heavy atom. The maximum absolute atomic E-state index is 12.4. The van der Waals surface area contributed by atoms with Crippen LogP contribution in [0.1, 0.15) is 40.2 Å². The van der Waals surface area contributed by atoms with Crippen LogP contribution in [0.2, 0.25) is 18.1 Å². The van der Waals surface area contributed by atoms with Gasteiger partial charge >= 0.3 is 5.97 Å². The molecule has 0 saturated heterocycles. The van der Waals surface area contributed by atoms with Crippen molar-refractivity contribution in [3.63, 3.8) is 0 Å². The normalized spacial score (nSPS) is 16.2. The molecule has 0 aliphatic carbocycles. The van der Waals surface area contributed by atoms with E-state index in [1.807, 2.05) is 32.0 Å². The maximum atomic E-state index is 12.4. The van der Waals surface area contributed by atoms with E-state index in [9.17, 15) is 4.79 Å². The Hall–Kier alpha value is -1.17. The van der Waals surface area contributed by atoms with Crippen molar-refractivity contribution in [3.8, 4) is 0 Å². The largest absolute Gasteiger partial charge is 0.469 e. The Labute approximate surface area is 154 Å². The zero-order valence-electron chi connectivity index (χ0n) is 17.1. The summed E-state index contributed by atoms with van der Waals surface area (Å²) in [5.41, 5.74) is 1.19. The fourth-order valence-electron chi connectivity index (χ4n) is 2.65. The Kier molecular flexibility index (Phi) is 7.84. The molecule has 4 nitrogen and oxygen atoms in total. The second kappa shape index (κ2) is 8.97. The van der Waals surface area contributed by atoms with Gasteiger partial charge in [-0.05, 0) is 37.5 Å². The zero-order valence-corrected chi connectivity index (χ0v) is 18.1. The van der Waals surface area contributed by atoms with Gasteiger partial charge in [-0.2, -0.15) is 0 Å². The van der Waals surface area contributed by atoms with Crippen molar-refractivity contribution in [2.75, 3.05) is 7.11 Å². The highest BCUT2D eigenvalue weighted by molar-refractivity contribution is 6.74. The molecule has 25 heavy (non-hydrogen) atoms. The number of carbonyl (C=O) groups is 1. The highest BCUT2D eigenvalue weighted by Crippen LogP contribution is 2.38. The summed E-state index contributed by atoms with van der Waals surface area (Å²) in [5.74, 6) is -0.567. The van der Waals surface area contributed by atoms with E-state index >= 15 is 0 Å². The quantitative estimate of drug-likeness (QED) is 0.549. The van der Waals surface area contributed by atoms with Gasteiger partial charge in [-0.1, -0.05) is 51.1 Å². The van der Waals surface area contributed by atoms with Gasteiger partial charge in [-0.25, -0.2) is 0 Å². The lowest BCUT2D eigenvalue weighted by Gasteiger charge is -2.41. The standard InChI is InChI=1S/C20H35NO3Si/c1-15(21-14-17-12-10-9-11-13-17)18(19(22)23-6)16(2)24-25(7,8)20(3,4)5/h9-13,15-16,18,21H,14H2,1-8H3/t15-,16+,18-/m0/s1. The molecule has 0 saturated carbocycles. The summed E-state index contributed by atoms with van der Waals surface area (Å²) in [6.07, 6.45) is -0.202. The molecule has 0 unspecified atom stereocenters. The van der Waals surface area contributed by atoms with E-state index in [2.05, 4.69) is 51.3 Å². The topological polar surface area (TPSA) is 47.6 Å². The van der Waals surface area contributed by atoms with E-state index < -0.39 is 8.32 Å². The third kappa shape index (κ3) is 6.24. The maximum Gasteiger partial charge on any atom is 0.312 e. The molecule has 1 N–H and O–H groups in total. The van der Waals surface area contributed by atoms with Crippen LogP contribution in [0.5, 0.6) is 0 Å². The first kappa shape index (κ1) is 21.9. The molecular formula is C20H35NO3Si. The van der Waals surface area contributed by atoms with Crippen LogP contribution < -0.4 is 5.32 Å². The number of benzene rings is 1. The third-order valence-corrected chi connectivity index (χ3v) is 9.85. The van der Waals surface area contributed by atoms with Gasteiger partial charge in [0.15, 0.2) is 8.32 Å². The highest BCUT2D eigenvalue weighted by atomic mass is 28.4. The number of hydrogen-bond donors (Lipinski definition) is 1. The van der Waals surface area contributed by atoms with Gasteiger partial charge in [-0.3, -0.25) is 4.79 Å². The monoisotopic (exact) mass is 365 g/mol. The minimum atomic E-state index is -1.96. The summed E-state index contributed by atoms with van der Waals surface area (Å²) < 4.78 is 11.5. The Balaban J connectivity index is 2.83. The van der Waals surface area contributed by atoms with Gasteiger partial charge in [0.2, 0.25) is 0 Å². The first-order chi connectivity index (χ1) is 11.5. The molecule has 3 atom stereocenters. The van der Waals surface area contributed by atoms with Crippen LogP contribution in [-0.4, -0.2) is 33.5 Å². The molecule has 1 aromatic carbocycles. The Morgan fingerprint density at radius 1 is 1.16 bits per heavy atom. The second-order valence-electron chi connectivity index (χ2n) is 8.29. The molecule has 0 spiro atoms. The molecule has 1 rings (SSSR count). The number of hydrogen-bond acceptors (Lipinski definition) is 4. The molecule has 0 aliphatic heterocycles. The fraction of sp³-hybridized carbons (Fsp3) is 0.650. The van der Waals surface area contributed by atoms with Crippen molar-refractivity contribution in [2.45, 2.75) is 71.4 Å². The van der Waals surface area contributed by atoms with E-state index in [0.717, 1.165) is 0 Å². The van der Waals surface area contributed by atoms with Crippen LogP contribution in [0, 0.1) is 5.92 Å². The molecule has 0 fully saturated rings. The summed E-state index contributed by atoms with van der Waals surface area (Å²) in [4.78, 5) is 12.4. The minimum absolute atomic E-state index is 0.0487. The second-order valence-corrected chi connectivity index (χ2v) is 13.0. The van der Waals surface area contributed by atoms with Crippen molar-refractivity contribution >= 4 is 14.3 Å². The summed E-state index contributed by atoms with van der Waals surface area (Å²) >= 11 is 0. The van der Waals surface area contributed by atoms with Gasteiger partial charge in [0, 0.05) is 12.6 Å². The highest BCUT2D eigenvalue weighted by Gasteiger charge is 2.42. The Morgan fingerprint density at radius 3 is 2.20 bits per heavy atom. The molecule has 0 aliphatic rings. The number of methoxy groups -OCH3 is 1. The Bertz CT molecular complexity index is 540. The average Bonchev–Trinajstić information content (AvgIpc) is 2.52. The van der Waals surface area contributed by atoms with Crippen molar-refractivity contribution < 1.29 is 14.0 Å². The SMILES string of the molecule is COC(=O)[C@@H]([C@H](C)NCc1ccccc1)[C@@H](C)O[Si](C)(C)C(C)(C)C. The van der Waals surface area contributed by atoms with Crippen LogP contribution in [0.15, 0.2) is 30.3 Å². The molecule has 5 heteroatoms. The molecule has 0 heterocycles. The van der Waals surface area contributed by atoms with Crippen LogP contribution in [0.4, 0.5) is 0 Å². The predicted molar refractivity (Wildman–Crippen MR) is 106 cm³/mol. The van der Waals surface area contributed by atoms with E-state index in [0.29, 0.717) is 6.54 Å². The third-order valence-electron chi connectivity index (χ3n) is 5.28. The zero-order chi connectivity index (χ0) is 19.3. The molecule has 0 amide bonds. The van der Waals surface area contributed by atoms with E-state index in [1.54, 1.807) is 0 Å². The number of rotatable bonds is 8. The summed E-state index contributed by atoms with van der Waals surface area (Å²) in [7, 11) is -0.515. The number of carbonyl (C=O) groups excluding carboxylic acids is 1. The number of nitrogens with one attached hydrogen (secondary N) is 1. The van der Waals surface area contributed by atoms with Gasteiger partial charge in [0.1, 0.15) is 0 Å². The molecule has 142 valence electrons. The first-order valence-electron chi connectivity index (χ1n) is 9.02. The smallest absolute Gasteiger partial charge is 0.312 e. The van der Waals surface area contributed by atoms with Crippen LogP contribution in [0.3, 0.4) is 0 Å². The molecular weight excluding hydrogens is 330 g/mol. The van der Waals surface area contributed by atoms with Gasteiger partial charge < -0.3 is 14.5 Å². The summed E-state index contributed by atoms with van der Waals surface area (Å²) in [5, 5.41) is 3.55. The predicted octanol–water partition coefficient (Wildman–Crippen LogP) is 4.36. The van der Waals surface area contributed by atoms with E-state index in [1.165, 1.54) is 12.7 Å². The molecule has 0 aromatic heterocycles. The van der Waals surface area contributed by atoms with E-state index in [-0.39, 0.29) is 29.1 Å². The lowest BCUT2D eigenvalue weighted by atomic mass is 9.95. The summed E-state index contributed by atoms with van der Waals surface area (Å²) in [6, 6.07) is 10.1. The molecule has 0 radical (unpaired) electrons. The van der Waals surface area contributed by atoms with Crippen molar-refractivity contribution in [2.24, 2.45) is 5.92 Å². The average molecular weight is 366 g/mol. The molecule has 0 bridgehead atoms. The number of esters is 1. The lowest BCUT2D eigenvalue weighted by molar-refractivity contribution is -0.149. The van der Waals surface area contributed by atoms with Crippen molar-refractivity contribution in [1.29, 1.82) is 0 Å². The van der Waals surface area contributed by atoms with Crippen LogP contribution >= 0.6 is 0 Å². The summed E-state index contributed by atoms with van der Waals surface area (Å²) in [6.45, 7) is 15.8. The van der Waals surface area contributed by atoms with Crippen LogP contribution in [0.25, 0.3) is 0 Å². The van der Waals surface area contributed by atoms with Crippen molar-refractivity contribution in [1.82, 2.24) is 5.32 Å². The van der Waals surface area contributed by atoms with Gasteiger partial charge in [-0.15, -0.1) is 0 Å². The van der Waals surface area contributed by atoms with Crippen LogP contribution in [-0.2, 0) is 20.5 Å². The van der Waals surface area contributed by atoms with E-state index in [4.69, 9.17) is 9.16 Å². The van der Waals surface area contributed by atoms with Crippen molar-refractivity contribution in [3.05, 3.63) is 35.9 Å². The van der Waals surface area contributed by atoms with Gasteiger partial charge in [0.05, 0.1) is 19.1 Å². The fourth-order valence-corrected chi connectivity index (χ4v) is 4.08.